The molecular formula is C6H11NO3. The first kappa shape index (κ1) is 8.94. The molecule has 0 aromatic heterocycles. The van der Waals surface area contributed by atoms with Crippen molar-refractivity contribution < 1.29 is 14.3 Å². The second-order valence-corrected chi connectivity index (χ2v) is 2.36. The van der Waals surface area contributed by atoms with Crippen LogP contribution in [0.1, 0.15) is 13.8 Å². The lowest BCUT2D eigenvalue weighted by Crippen LogP contribution is -2.34. The van der Waals surface area contributed by atoms with Gasteiger partial charge in [-0.15, -0.1) is 0 Å². The number of aldehydes is 1. The van der Waals surface area contributed by atoms with Crippen LogP contribution in [0, 0.1) is 0 Å². The zero-order valence-corrected chi connectivity index (χ0v) is 6.30. The summed E-state index contributed by atoms with van der Waals surface area (Å²) in [5.74, 6) is 0. The van der Waals surface area contributed by atoms with Crippen molar-refractivity contribution >= 4 is 12.4 Å². The first-order valence-electron chi connectivity index (χ1n) is 2.89. The zero-order chi connectivity index (χ0) is 8.20. The zero-order valence-electron chi connectivity index (χ0n) is 6.30. The predicted octanol–water partition coefficient (Wildman–Crippen LogP) is 0.320. The molecule has 1 N–H and O–H groups in total. The lowest BCUT2D eigenvalue weighted by atomic mass is 10.2. The molecule has 58 valence electrons. The second kappa shape index (κ2) is 3.20. The Hall–Kier alpha value is -1.06. The number of carbonyl (C=O) groups excluding carboxylic acids is 2. The van der Waals surface area contributed by atoms with E-state index in [2.05, 4.69) is 10.1 Å². The minimum absolute atomic E-state index is 0.572. The van der Waals surface area contributed by atoms with Crippen molar-refractivity contribution in [2.24, 2.45) is 0 Å². The van der Waals surface area contributed by atoms with Crippen LogP contribution in [-0.4, -0.2) is 25.0 Å². The number of nitrogens with one attached hydrogen (secondary N) is 1. The molecule has 4 heteroatoms. The van der Waals surface area contributed by atoms with Crippen LogP contribution in [-0.2, 0) is 9.53 Å². The van der Waals surface area contributed by atoms with Crippen molar-refractivity contribution in [3.63, 3.8) is 0 Å². The van der Waals surface area contributed by atoms with Gasteiger partial charge >= 0.3 is 6.09 Å². The van der Waals surface area contributed by atoms with Crippen LogP contribution in [0.25, 0.3) is 0 Å². The van der Waals surface area contributed by atoms with Gasteiger partial charge in [0, 0.05) is 7.05 Å². The molecule has 0 aromatic carbocycles. The van der Waals surface area contributed by atoms with Gasteiger partial charge in [0.15, 0.2) is 11.9 Å². The van der Waals surface area contributed by atoms with Crippen molar-refractivity contribution in [1.29, 1.82) is 0 Å². The van der Waals surface area contributed by atoms with E-state index in [1.54, 1.807) is 0 Å². The first-order valence-corrected chi connectivity index (χ1v) is 2.89. The largest absolute Gasteiger partial charge is 0.436 e. The summed E-state index contributed by atoms with van der Waals surface area (Å²) in [4.78, 5) is 20.7. The van der Waals surface area contributed by atoms with Crippen LogP contribution in [0.15, 0.2) is 0 Å². The third-order valence-corrected chi connectivity index (χ3v) is 0.844. The summed E-state index contributed by atoms with van der Waals surface area (Å²) in [7, 11) is 1.43. The fourth-order valence-corrected chi connectivity index (χ4v) is 0.314. The molecule has 0 aliphatic carbocycles. The van der Waals surface area contributed by atoms with Gasteiger partial charge in [0.05, 0.1) is 0 Å². The molecule has 0 heterocycles. The molecule has 0 atom stereocenters. The van der Waals surface area contributed by atoms with Crippen LogP contribution in [0.2, 0.25) is 0 Å². The van der Waals surface area contributed by atoms with Crippen LogP contribution < -0.4 is 5.32 Å². The van der Waals surface area contributed by atoms with E-state index in [4.69, 9.17) is 0 Å². The highest BCUT2D eigenvalue weighted by Gasteiger charge is 2.20. The normalized spacial score (nSPS) is 10.3. The van der Waals surface area contributed by atoms with Gasteiger partial charge in [-0.3, -0.25) is 4.79 Å². The summed E-state index contributed by atoms with van der Waals surface area (Å²) < 4.78 is 4.62. The molecule has 1 amide bonds. The van der Waals surface area contributed by atoms with E-state index in [9.17, 15) is 9.59 Å². The van der Waals surface area contributed by atoms with Crippen molar-refractivity contribution in [1.82, 2.24) is 5.32 Å². The minimum Gasteiger partial charge on any atom is -0.436 e. The third-order valence-electron chi connectivity index (χ3n) is 0.844. The molecule has 0 fully saturated rings. The number of hydrogen-bond donors (Lipinski definition) is 1. The van der Waals surface area contributed by atoms with E-state index in [0.29, 0.717) is 6.29 Å². The number of hydrogen-bond acceptors (Lipinski definition) is 3. The van der Waals surface area contributed by atoms with Gasteiger partial charge in [-0.05, 0) is 13.8 Å². The van der Waals surface area contributed by atoms with Gasteiger partial charge in [0.1, 0.15) is 0 Å². The van der Waals surface area contributed by atoms with Crippen LogP contribution in [0.5, 0.6) is 0 Å². The molecular weight excluding hydrogens is 134 g/mol. The maximum atomic E-state index is 10.5. The second-order valence-electron chi connectivity index (χ2n) is 2.36. The third kappa shape index (κ3) is 3.06. The Labute approximate surface area is 59.6 Å². The van der Waals surface area contributed by atoms with Gasteiger partial charge in [-0.25, -0.2) is 4.79 Å². The molecule has 0 rings (SSSR count). The highest BCUT2D eigenvalue weighted by Crippen LogP contribution is 2.03. The van der Waals surface area contributed by atoms with Crippen LogP contribution >= 0.6 is 0 Å². The monoisotopic (exact) mass is 145 g/mol. The van der Waals surface area contributed by atoms with Crippen molar-refractivity contribution in [3.8, 4) is 0 Å². The summed E-state index contributed by atoms with van der Waals surface area (Å²) in [5, 5.41) is 2.24. The topological polar surface area (TPSA) is 55.4 Å². The minimum atomic E-state index is -1.03. The lowest BCUT2D eigenvalue weighted by Gasteiger charge is -2.16. The summed E-state index contributed by atoms with van der Waals surface area (Å²) in [6, 6.07) is 0. The van der Waals surface area contributed by atoms with Gasteiger partial charge < -0.3 is 10.1 Å². The van der Waals surface area contributed by atoms with Crippen LogP contribution in [0.3, 0.4) is 0 Å². The Kier molecular flexibility index (Phi) is 2.86. The maximum absolute atomic E-state index is 10.5. The molecule has 0 spiro atoms. The maximum Gasteiger partial charge on any atom is 0.407 e. The quantitative estimate of drug-likeness (QED) is 0.569. The predicted molar refractivity (Wildman–Crippen MR) is 35.7 cm³/mol. The van der Waals surface area contributed by atoms with Gasteiger partial charge in [-0.1, -0.05) is 0 Å². The number of rotatable bonds is 2. The highest BCUT2D eigenvalue weighted by molar-refractivity contribution is 5.72. The fraction of sp³-hybridized carbons (Fsp3) is 0.667. The summed E-state index contributed by atoms with van der Waals surface area (Å²) in [6.07, 6.45) is -0.0282. The van der Waals surface area contributed by atoms with E-state index in [-0.39, 0.29) is 0 Å². The molecule has 0 aromatic rings. The Morgan fingerprint density at radius 3 is 2.40 bits per heavy atom. The van der Waals surface area contributed by atoms with Gasteiger partial charge in [0.25, 0.3) is 0 Å². The fourth-order valence-electron chi connectivity index (χ4n) is 0.314. The Morgan fingerprint density at radius 2 is 2.10 bits per heavy atom. The Balaban J connectivity index is 3.88. The molecule has 10 heavy (non-hydrogen) atoms. The SMILES string of the molecule is CNC(=O)OC(C)(C)C=O. The smallest absolute Gasteiger partial charge is 0.407 e. The molecule has 0 unspecified atom stereocenters. The molecule has 4 nitrogen and oxygen atoms in total. The average Bonchev–Trinajstić information content (AvgIpc) is 1.87. The van der Waals surface area contributed by atoms with E-state index < -0.39 is 11.7 Å². The van der Waals surface area contributed by atoms with E-state index in [0.717, 1.165) is 0 Å². The number of amides is 1. The molecule has 0 aliphatic heterocycles. The van der Waals surface area contributed by atoms with E-state index >= 15 is 0 Å². The van der Waals surface area contributed by atoms with Crippen LogP contribution in [0.4, 0.5) is 4.79 Å². The average molecular weight is 145 g/mol. The molecule has 0 saturated carbocycles. The highest BCUT2D eigenvalue weighted by atomic mass is 16.6. The standard InChI is InChI=1S/C6H11NO3/c1-6(2,4-8)10-5(9)7-3/h4H,1-3H3,(H,7,9). The Bertz CT molecular complexity index is 142. The van der Waals surface area contributed by atoms with Crippen molar-refractivity contribution in [3.05, 3.63) is 0 Å². The number of carbonyl (C=O) groups is 2. The summed E-state index contributed by atoms with van der Waals surface area (Å²) in [6.45, 7) is 3.02. The van der Waals surface area contributed by atoms with Crippen molar-refractivity contribution in [2.45, 2.75) is 19.4 Å². The molecule has 0 bridgehead atoms. The number of alkyl carbamates (subject to hydrolysis) is 1. The van der Waals surface area contributed by atoms with E-state index in [1.165, 1.54) is 20.9 Å². The summed E-state index contributed by atoms with van der Waals surface area (Å²) in [5.41, 5.74) is -1.03. The number of ether oxygens (including phenoxy) is 1. The lowest BCUT2D eigenvalue weighted by molar-refractivity contribution is -0.121. The molecule has 0 aliphatic rings. The van der Waals surface area contributed by atoms with E-state index in [1.807, 2.05) is 0 Å². The van der Waals surface area contributed by atoms with Gasteiger partial charge in [0.2, 0.25) is 0 Å². The first-order chi connectivity index (χ1) is 4.52. The molecule has 0 radical (unpaired) electrons. The van der Waals surface area contributed by atoms with Gasteiger partial charge in [-0.2, -0.15) is 0 Å². The summed E-state index contributed by atoms with van der Waals surface area (Å²) >= 11 is 0. The molecule has 0 saturated heterocycles. The Morgan fingerprint density at radius 1 is 1.60 bits per heavy atom. The van der Waals surface area contributed by atoms with Crippen molar-refractivity contribution in [2.75, 3.05) is 7.05 Å².